The van der Waals surface area contributed by atoms with Gasteiger partial charge in [-0.25, -0.2) is 0 Å². The van der Waals surface area contributed by atoms with E-state index >= 15 is 0 Å². The van der Waals surface area contributed by atoms with Crippen molar-refractivity contribution in [3.63, 3.8) is 0 Å². The van der Waals surface area contributed by atoms with Gasteiger partial charge in [-0.1, -0.05) is 42.5 Å². The molecule has 2 aromatic rings. The van der Waals surface area contributed by atoms with E-state index in [1.165, 1.54) is 7.11 Å². The van der Waals surface area contributed by atoms with Crippen LogP contribution in [0, 0.1) is 0 Å². The first-order valence-corrected chi connectivity index (χ1v) is 5.92. The van der Waals surface area contributed by atoms with E-state index in [2.05, 4.69) is 0 Å². The van der Waals surface area contributed by atoms with Crippen LogP contribution in [0.15, 0.2) is 42.5 Å². The summed E-state index contributed by atoms with van der Waals surface area (Å²) in [6.45, 7) is 0. The van der Waals surface area contributed by atoms with Crippen molar-refractivity contribution in [1.82, 2.24) is 0 Å². The molecule has 0 aromatic heterocycles. The van der Waals surface area contributed by atoms with Crippen LogP contribution in [-0.4, -0.2) is 19.3 Å². The highest BCUT2D eigenvalue weighted by Crippen LogP contribution is 2.35. The third kappa shape index (κ3) is 3.07. The topological polar surface area (TPSA) is 38.7 Å². The van der Waals surface area contributed by atoms with E-state index in [4.69, 9.17) is 9.47 Å². The van der Waals surface area contributed by atoms with E-state index < -0.39 is 0 Å². The fourth-order valence-electron chi connectivity index (χ4n) is 1.75. The van der Waals surface area contributed by atoms with E-state index in [1.807, 2.05) is 42.5 Å². The number of methoxy groups -OCH3 is 2. The first kappa shape index (κ1) is 13.0. The second-order valence-corrected chi connectivity index (χ2v) is 4.01. The van der Waals surface area contributed by atoms with E-state index in [9.17, 15) is 5.11 Å². The summed E-state index contributed by atoms with van der Waals surface area (Å²) in [6, 6.07) is 13.3. The van der Waals surface area contributed by atoms with Crippen molar-refractivity contribution >= 4 is 12.2 Å². The number of aromatic hydroxyl groups is 1. The molecule has 0 atom stereocenters. The summed E-state index contributed by atoms with van der Waals surface area (Å²) >= 11 is 0. The molecule has 0 radical (unpaired) electrons. The minimum absolute atomic E-state index is 0.107. The lowest BCUT2D eigenvalue weighted by atomic mass is 10.1. The molecule has 0 aliphatic carbocycles. The quantitative estimate of drug-likeness (QED) is 0.850. The third-order valence-electron chi connectivity index (χ3n) is 2.79. The lowest BCUT2D eigenvalue weighted by molar-refractivity contribution is 0.363. The van der Waals surface area contributed by atoms with Crippen LogP contribution in [0.1, 0.15) is 11.1 Å². The molecule has 19 heavy (non-hydrogen) atoms. The van der Waals surface area contributed by atoms with Crippen molar-refractivity contribution in [2.45, 2.75) is 0 Å². The Bertz CT molecular complexity index is 574. The standard InChI is InChI=1S/C16H16O3/c1-18-14-10-13(16(17)15(11-14)19-2)9-8-12-6-4-3-5-7-12/h3-11,17H,1-2H3/b9-8+. The summed E-state index contributed by atoms with van der Waals surface area (Å²) in [5, 5.41) is 10.1. The Labute approximate surface area is 112 Å². The van der Waals surface area contributed by atoms with Crippen LogP contribution in [0.4, 0.5) is 0 Å². The van der Waals surface area contributed by atoms with Gasteiger partial charge in [0.25, 0.3) is 0 Å². The number of phenols is 1. The van der Waals surface area contributed by atoms with E-state index in [0.29, 0.717) is 17.1 Å². The van der Waals surface area contributed by atoms with Crippen molar-refractivity contribution in [1.29, 1.82) is 0 Å². The van der Waals surface area contributed by atoms with Gasteiger partial charge in [-0.2, -0.15) is 0 Å². The second kappa shape index (κ2) is 5.96. The van der Waals surface area contributed by atoms with Crippen molar-refractivity contribution in [3.05, 3.63) is 53.6 Å². The SMILES string of the molecule is COc1cc(/C=C/c2ccccc2)c(O)c(OC)c1. The number of rotatable bonds is 4. The molecular weight excluding hydrogens is 240 g/mol. The largest absolute Gasteiger partial charge is 0.504 e. The van der Waals surface area contributed by atoms with Gasteiger partial charge in [0.15, 0.2) is 11.5 Å². The van der Waals surface area contributed by atoms with Gasteiger partial charge in [-0.3, -0.25) is 0 Å². The van der Waals surface area contributed by atoms with Gasteiger partial charge in [0, 0.05) is 11.6 Å². The molecule has 0 amide bonds. The average Bonchev–Trinajstić information content (AvgIpc) is 2.47. The maximum absolute atomic E-state index is 10.1. The van der Waals surface area contributed by atoms with Gasteiger partial charge in [0.1, 0.15) is 5.75 Å². The van der Waals surface area contributed by atoms with Gasteiger partial charge in [0.05, 0.1) is 14.2 Å². The molecule has 0 spiro atoms. The molecule has 0 fully saturated rings. The minimum atomic E-state index is 0.107. The maximum atomic E-state index is 10.1. The van der Waals surface area contributed by atoms with Crippen LogP contribution in [-0.2, 0) is 0 Å². The zero-order valence-corrected chi connectivity index (χ0v) is 11.0. The molecule has 2 aromatic carbocycles. The fraction of sp³-hybridized carbons (Fsp3) is 0.125. The van der Waals surface area contributed by atoms with Crippen LogP contribution in [0.5, 0.6) is 17.2 Å². The fourth-order valence-corrected chi connectivity index (χ4v) is 1.75. The molecule has 98 valence electrons. The lowest BCUT2D eigenvalue weighted by Crippen LogP contribution is -1.89. The highest BCUT2D eigenvalue weighted by molar-refractivity contribution is 5.75. The third-order valence-corrected chi connectivity index (χ3v) is 2.79. The number of hydrogen-bond donors (Lipinski definition) is 1. The van der Waals surface area contributed by atoms with E-state index in [0.717, 1.165) is 5.56 Å². The van der Waals surface area contributed by atoms with Crippen molar-refractivity contribution < 1.29 is 14.6 Å². The zero-order chi connectivity index (χ0) is 13.7. The van der Waals surface area contributed by atoms with Crippen LogP contribution in [0.25, 0.3) is 12.2 Å². The summed E-state index contributed by atoms with van der Waals surface area (Å²) in [4.78, 5) is 0. The molecule has 2 rings (SSSR count). The Morgan fingerprint density at radius 3 is 2.32 bits per heavy atom. The molecule has 0 unspecified atom stereocenters. The van der Waals surface area contributed by atoms with Crippen LogP contribution >= 0.6 is 0 Å². The zero-order valence-electron chi connectivity index (χ0n) is 11.0. The molecule has 0 saturated heterocycles. The minimum Gasteiger partial charge on any atom is -0.504 e. The Hall–Kier alpha value is -2.42. The highest BCUT2D eigenvalue weighted by Gasteiger charge is 2.08. The van der Waals surface area contributed by atoms with E-state index in [1.54, 1.807) is 19.2 Å². The monoisotopic (exact) mass is 256 g/mol. The van der Waals surface area contributed by atoms with Crippen molar-refractivity contribution in [2.75, 3.05) is 14.2 Å². The molecule has 1 N–H and O–H groups in total. The first-order valence-electron chi connectivity index (χ1n) is 5.92. The highest BCUT2D eigenvalue weighted by atomic mass is 16.5. The summed E-state index contributed by atoms with van der Waals surface area (Å²) < 4.78 is 10.3. The van der Waals surface area contributed by atoms with Crippen molar-refractivity contribution in [3.8, 4) is 17.2 Å². The molecular formula is C16H16O3. The van der Waals surface area contributed by atoms with Gasteiger partial charge in [-0.05, 0) is 11.6 Å². The normalized spacial score (nSPS) is 10.6. The van der Waals surface area contributed by atoms with Gasteiger partial charge in [-0.15, -0.1) is 0 Å². The van der Waals surface area contributed by atoms with Gasteiger partial charge < -0.3 is 14.6 Å². The number of benzene rings is 2. The Morgan fingerprint density at radius 2 is 1.68 bits per heavy atom. The molecule has 0 saturated carbocycles. The average molecular weight is 256 g/mol. The van der Waals surface area contributed by atoms with Crippen LogP contribution < -0.4 is 9.47 Å². The first-order chi connectivity index (χ1) is 9.24. The predicted octanol–water partition coefficient (Wildman–Crippen LogP) is 3.58. The van der Waals surface area contributed by atoms with Crippen LogP contribution in [0.2, 0.25) is 0 Å². The summed E-state index contributed by atoms with van der Waals surface area (Å²) in [6.07, 6.45) is 3.75. The predicted molar refractivity (Wildman–Crippen MR) is 76.6 cm³/mol. The molecule has 0 aliphatic heterocycles. The molecule has 3 nitrogen and oxygen atoms in total. The number of hydrogen-bond acceptors (Lipinski definition) is 3. The van der Waals surface area contributed by atoms with Crippen molar-refractivity contribution in [2.24, 2.45) is 0 Å². The maximum Gasteiger partial charge on any atom is 0.165 e. The number of ether oxygens (including phenoxy) is 2. The summed E-state index contributed by atoms with van der Waals surface area (Å²) in [5.74, 6) is 1.14. The van der Waals surface area contributed by atoms with Gasteiger partial charge >= 0.3 is 0 Å². The summed E-state index contributed by atoms with van der Waals surface area (Å²) in [5.41, 5.74) is 1.71. The molecule has 0 aliphatic rings. The second-order valence-electron chi connectivity index (χ2n) is 4.01. The number of phenolic OH excluding ortho intramolecular Hbond substituents is 1. The van der Waals surface area contributed by atoms with E-state index in [-0.39, 0.29) is 5.75 Å². The molecule has 0 bridgehead atoms. The molecule has 3 heteroatoms. The van der Waals surface area contributed by atoms with Gasteiger partial charge in [0.2, 0.25) is 0 Å². The molecule has 0 heterocycles. The smallest absolute Gasteiger partial charge is 0.165 e. The Morgan fingerprint density at radius 1 is 0.947 bits per heavy atom. The lowest BCUT2D eigenvalue weighted by Gasteiger charge is -2.09. The summed E-state index contributed by atoms with van der Waals surface area (Å²) in [7, 11) is 3.09. The van der Waals surface area contributed by atoms with Crippen LogP contribution in [0.3, 0.4) is 0 Å². The Balaban J connectivity index is 2.36. The Kier molecular flexibility index (Phi) is 4.08.